The summed E-state index contributed by atoms with van der Waals surface area (Å²) in [6.07, 6.45) is 3.28. The molecular weight excluding hydrogens is 366 g/mol. The molecule has 0 unspecified atom stereocenters. The summed E-state index contributed by atoms with van der Waals surface area (Å²) in [6, 6.07) is 17.8. The Morgan fingerprint density at radius 1 is 0.966 bits per heavy atom. The lowest BCUT2D eigenvalue weighted by Gasteiger charge is -2.13. The third-order valence-electron chi connectivity index (χ3n) is 4.13. The van der Waals surface area contributed by atoms with Crippen LogP contribution in [0.25, 0.3) is 0 Å². The second-order valence-corrected chi connectivity index (χ2v) is 6.74. The maximum atomic E-state index is 12.8. The van der Waals surface area contributed by atoms with Crippen LogP contribution in [-0.2, 0) is 11.3 Å². The molecule has 2 N–H and O–H groups in total. The standard InChI is InChI=1S/C23H23N3O3/c1-16(2)29-23(28)18-7-9-19(10-8-18)26-22(27)20-5-3-4-6-21(20)25-15-17-11-13-24-14-12-17/h3-14,16,25H,15H2,1-2H3,(H,26,27). The van der Waals surface area contributed by atoms with Crippen LogP contribution in [0.3, 0.4) is 0 Å². The number of hydrogen-bond acceptors (Lipinski definition) is 5. The molecule has 0 aliphatic heterocycles. The Bertz CT molecular complexity index is 970. The van der Waals surface area contributed by atoms with Crippen molar-refractivity contribution in [1.82, 2.24) is 4.98 Å². The van der Waals surface area contributed by atoms with Crippen LogP contribution >= 0.6 is 0 Å². The van der Waals surface area contributed by atoms with Crippen LogP contribution in [-0.4, -0.2) is 23.0 Å². The number of esters is 1. The Labute approximate surface area is 169 Å². The number of hydrogen-bond donors (Lipinski definition) is 2. The van der Waals surface area contributed by atoms with Gasteiger partial charge in [0.2, 0.25) is 0 Å². The van der Waals surface area contributed by atoms with Crippen LogP contribution in [0, 0.1) is 0 Å². The van der Waals surface area contributed by atoms with Crippen molar-refractivity contribution < 1.29 is 14.3 Å². The number of aromatic nitrogens is 1. The van der Waals surface area contributed by atoms with Crippen LogP contribution in [0.1, 0.15) is 40.1 Å². The zero-order valence-corrected chi connectivity index (χ0v) is 16.4. The number of nitrogens with one attached hydrogen (secondary N) is 2. The Kier molecular flexibility index (Phi) is 6.58. The molecule has 0 bridgehead atoms. The molecule has 6 heteroatoms. The molecule has 0 saturated carbocycles. The number of benzene rings is 2. The Morgan fingerprint density at radius 3 is 2.34 bits per heavy atom. The predicted octanol–water partition coefficient (Wildman–Crippen LogP) is 4.51. The SMILES string of the molecule is CC(C)OC(=O)c1ccc(NC(=O)c2ccccc2NCc2ccncc2)cc1. The fourth-order valence-corrected chi connectivity index (χ4v) is 2.70. The number of carbonyl (C=O) groups excluding carboxylic acids is 2. The lowest BCUT2D eigenvalue weighted by molar-refractivity contribution is 0.0378. The van der Waals surface area contributed by atoms with Crippen molar-refractivity contribution in [3.05, 3.63) is 89.7 Å². The molecule has 0 aliphatic rings. The summed E-state index contributed by atoms with van der Waals surface area (Å²) < 4.78 is 5.17. The fraction of sp³-hybridized carbons (Fsp3) is 0.174. The van der Waals surface area contributed by atoms with Gasteiger partial charge in [0.25, 0.3) is 5.91 Å². The van der Waals surface area contributed by atoms with Gasteiger partial charge >= 0.3 is 5.97 Å². The summed E-state index contributed by atoms with van der Waals surface area (Å²) in [7, 11) is 0. The first-order valence-electron chi connectivity index (χ1n) is 9.37. The number of rotatable bonds is 7. The van der Waals surface area contributed by atoms with Crippen LogP contribution in [0.15, 0.2) is 73.1 Å². The predicted molar refractivity (Wildman–Crippen MR) is 113 cm³/mol. The third-order valence-corrected chi connectivity index (χ3v) is 4.13. The van der Waals surface area contributed by atoms with Gasteiger partial charge in [0.05, 0.1) is 17.2 Å². The zero-order valence-electron chi connectivity index (χ0n) is 16.4. The molecule has 2 aromatic carbocycles. The number of carbonyl (C=O) groups is 2. The monoisotopic (exact) mass is 389 g/mol. The normalized spacial score (nSPS) is 10.4. The van der Waals surface area contributed by atoms with Gasteiger partial charge in [-0.3, -0.25) is 9.78 Å². The summed E-state index contributed by atoms with van der Waals surface area (Å²) >= 11 is 0. The first-order chi connectivity index (χ1) is 14.0. The average Bonchev–Trinajstić information content (AvgIpc) is 2.73. The molecule has 0 radical (unpaired) electrons. The van der Waals surface area contributed by atoms with E-state index in [4.69, 9.17) is 4.74 Å². The minimum Gasteiger partial charge on any atom is -0.459 e. The minimum absolute atomic E-state index is 0.182. The first kappa shape index (κ1) is 20.1. The van der Waals surface area contributed by atoms with E-state index in [9.17, 15) is 9.59 Å². The van der Waals surface area contributed by atoms with Gasteiger partial charge in [0.15, 0.2) is 0 Å². The summed E-state index contributed by atoms with van der Waals surface area (Å²) in [4.78, 5) is 28.7. The topological polar surface area (TPSA) is 80.3 Å². The quantitative estimate of drug-likeness (QED) is 0.581. The van der Waals surface area contributed by atoms with Gasteiger partial charge < -0.3 is 15.4 Å². The molecule has 1 heterocycles. The molecule has 0 atom stereocenters. The highest BCUT2D eigenvalue weighted by Crippen LogP contribution is 2.19. The molecule has 0 fully saturated rings. The van der Waals surface area contributed by atoms with Crippen LogP contribution in [0.4, 0.5) is 11.4 Å². The van der Waals surface area contributed by atoms with Gasteiger partial charge in [-0.1, -0.05) is 12.1 Å². The van der Waals surface area contributed by atoms with Crippen molar-refractivity contribution in [2.45, 2.75) is 26.5 Å². The van der Waals surface area contributed by atoms with E-state index in [1.807, 2.05) is 30.3 Å². The highest BCUT2D eigenvalue weighted by Gasteiger charge is 2.13. The first-order valence-corrected chi connectivity index (χ1v) is 9.37. The molecule has 3 rings (SSSR count). The van der Waals surface area contributed by atoms with Crippen molar-refractivity contribution in [2.75, 3.05) is 10.6 Å². The lowest BCUT2D eigenvalue weighted by Crippen LogP contribution is -2.15. The highest BCUT2D eigenvalue weighted by molar-refractivity contribution is 6.08. The molecular formula is C23H23N3O3. The van der Waals surface area contributed by atoms with Gasteiger partial charge in [-0.05, 0) is 67.9 Å². The van der Waals surface area contributed by atoms with E-state index in [1.54, 1.807) is 56.6 Å². The van der Waals surface area contributed by atoms with Crippen molar-refractivity contribution in [3.8, 4) is 0 Å². The van der Waals surface area contributed by atoms with Gasteiger partial charge in [-0.25, -0.2) is 4.79 Å². The van der Waals surface area contributed by atoms with E-state index < -0.39 is 0 Å². The van der Waals surface area contributed by atoms with Gasteiger partial charge in [0.1, 0.15) is 0 Å². The van der Waals surface area contributed by atoms with E-state index in [0.717, 1.165) is 11.3 Å². The van der Waals surface area contributed by atoms with Gasteiger partial charge in [0, 0.05) is 30.3 Å². The molecule has 29 heavy (non-hydrogen) atoms. The Morgan fingerprint density at radius 2 is 1.66 bits per heavy atom. The number of anilines is 2. The van der Waals surface area contributed by atoms with Crippen molar-refractivity contribution >= 4 is 23.3 Å². The summed E-state index contributed by atoms with van der Waals surface area (Å²) in [5, 5.41) is 6.15. The number of ether oxygens (including phenoxy) is 1. The van der Waals surface area contributed by atoms with E-state index in [0.29, 0.717) is 23.4 Å². The van der Waals surface area contributed by atoms with Crippen molar-refractivity contribution in [2.24, 2.45) is 0 Å². The van der Waals surface area contributed by atoms with Crippen LogP contribution in [0.2, 0.25) is 0 Å². The zero-order chi connectivity index (χ0) is 20.6. The van der Waals surface area contributed by atoms with Crippen molar-refractivity contribution in [1.29, 1.82) is 0 Å². The number of nitrogens with zero attached hydrogens (tertiary/aromatic N) is 1. The van der Waals surface area contributed by atoms with Crippen LogP contribution < -0.4 is 10.6 Å². The molecule has 0 saturated heterocycles. The van der Waals surface area contributed by atoms with E-state index in [2.05, 4.69) is 15.6 Å². The molecule has 1 aromatic heterocycles. The highest BCUT2D eigenvalue weighted by atomic mass is 16.5. The molecule has 148 valence electrons. The van der Waals surface area contributed by atoms with E-state index in [-0.39, 0.29) is 18.0 Å². The maximum Gasteiger partial charge on any atom is 0.338 e. The average molecular weight is 389 g/mol. The number of pyridine rings is 1. The van der Waals surface area contributed by atoms with Crippen LogP contribution in [0.5, 0.6) is 0 Å². The molecule has 1 amide bonds. The fourth-order valence-electron chi connectivity index (χ4n) is 2.70. The number of para-hydroxylation sites is 1. The number of amides is 1. The smallest absolute Gasteiger partial charge is 0.338 e. The molecule has 0 aliphatic carbocycles. The molecule has 6 nitrogen and oxygen atoms in total. The second kappa shape index (κ2) is 9.50. The summed E-state index contributed by atoms with van der Waals surface area (Å²) in [5.41, 5.74) is 3.37. The van der Waals surface area contributed by atoms with Gasteiger partial charge in [-0.15, -0.1) is 0 Å². The van der Waals surface area contributed by atoms with E-state index >= 15 is 0 Å². The van der Waals surface area contributed by atoms with Gasteiger partial charge in [-0.2, -0.15) is 0 Å². The molecule has 0 spiro atoms. The third kappa shape index (κ3) is 5.65. The minimum atomic E-state index is -0.386. The summed E-state index contributed by atoms with van der Waals surface area (Å²) in [5.74, 6) is -0.621. The Balaban J connectivity index is 1.67. The van der Waals surface area contributed by atoms with Crippen molar-refractivity contribution in [3.63, 3.8) is 0 Å². The summed E-state index contributed by atoms with van der Waals surface area (Å²) in [6.45, 7) is 4.18. The second-order valence-electron chi connectivity index (χ2n) is 6.74. The lowest BCUT2D eigenvalue weighted by atomic mass is 10.1. The Hall–Kier alpha value is -3.67. The largest absolute Gasteiger partial charge is 0.459 e. The molecule has 3 aromatic rings. The maximum absolute atomic E-state index is 12.8. The van der Waals surface area contributed by atoms with E-state index in [1.165, 1.54) is 0 Å².